The van der Waals surface area contributed by atoms with E-state index >= 15 is 0 Å². The van der Waals surface area contributed by atoms with Gasteiger partial charge in [0.05, 0.1) is 25.3 Å². The molecule has 6 heteroatoms. The molecule has 0 aliphatic carbocycles. The number of carbonyl (C=O) groups excluding carboxylic acids is 1. The highest BCUT2D eigenvalue weighted by molar-refractivity contribution is 5.79. The van der Waals surface area contributed by atoms with E-state index < -0.39 is 0 Å². The lowest BCUT2D eigenvalue weighted by Crippen LogP contribution is -2.28. The molecular formula is C20H22N4O2. The zero-order valence-corrected chi connectivity index (χ0v) is 15.1. The van der Waals surface area contributed by atoms with E-state index in [-0.39, 0.29) is 11.9 Å². The molecule has 1 heterocycles. The number of nitrogens with zero attached hydrogens (tertiary/aromatic N) is 3. The lowest BCUT2D eigenvalue weighted by atomic mass is 10.1. The third-order valence-electron chi connectivity index (χ3n) is 4.29. The SMILES string of the molecule is COc1cc(CC(=O)N[C@H](C)c2ccc(-n3cncn3)cc2)ccc1C. The Hall–Kier alpha value is -3.15. The quantitative estimate of drug-likeness (QED) is 0.742. The molecule has 0 bridgehead atoms. The average Bonchev–Trinajstić information content (AvgIpc) is 3.18. The number of ether oxygens (including phenoxy) is 1. The zero-order chi connectivity index (χ0) is 18.5. The minimum Gasteiger partial charge on any atom is -0.496 e. The standard InChI is InChI=1S/C20H22N4O2/c1-14-4-5-16(10-19(14)26-3)11-20(25)23-15(2)17-6-8-18(9-7-17)24-13-21-12-22-24/h4-10,12-13,15H,11H2,1-3H3,(H,23,25)/t15-/m1/s1. The number of amides is 1. The highest BCUT2D eigenvalue weighted by atomic mass is 16.5. The van der Waals surface area contributed by atoms with E-state index in [0.29, 0.717) is 6.42 Å². The van der Waals surface area contributed by atoms with Gasteiger partial charge in [0.1, 0.15) is 18.4 Å². The number of hydrogen-bond donors (Lipinski definition) is 1. The molecule has 1 atom stereocenters. The molecule has 2 aromatic carbocycles. The van der Waals surface area contributed by atoms with Crippen molar-refractivity contribution in [3.05, 3.63) is 71.8 Å². The van der Waals surface area contributed by atoms with Crippen molar-refractivity contribution >= 4 is 5.91 Å². The maximum Gasteiger partial charge on any atom is 0.224 e. The molecule has 0 saturated carbocycles. The molecule has 0 unspecified atom stereocenters. The Kier molecular flexibility index (Phi) is 5.31. The number of rotatable bonds is 6. The minimum absolute atomic E-state index is 0.0243. The third-order valence-corrected chi connectivity index (χ3v) is 4.29. The van der Waals surface area contributed by atoms with E-state index in [1.165, 1.54) is 6.33 Å². The fourth-order valence-corrected chi connectivity index (χ4v) is 2.79. The van der Waals surface area contributed by atoms with Crippen LogP contribution in [0.15, 0.2) is 55.1 Å². The van der Waals surface area contributed by atoms with Crippen LogP contribution in [0.1, 0.15) is 29.7 Å². The highest BCUT2D eigenvalue weighted by Gasteiger charge is 2.11. The van der Waals surface area contributed by atoms with Crippen LogP contribution in [0.4, 0.5) is 0 Å². The average molecular weight is 350 g/mol. The number of methoxy groups -OCH3 is 1. The van der Waals surface area contributed by atoms with Gasteiger partial charge in [0, 0.05) is 0 Å². The van der Waals surface area contributed by atoms with Crippen LogP contribution in [0.5, 0.6) is 5.75 Å². The van der Waals surface area contributed by atoms with Gasteiger partial charge in [-0.15, -0.1) is 0 Å². The van der Waals surface area contributed by atoms with Gasteiger partial charge in [0.15, 0.2) is 0 Å². The van der Waals surface area contributed by atoms with Crippen LogP contribution in [0.2, 0.25) is 0 Å². The van der Waals surface area contributed by atoms with E-state index in [1.807, 2.05) is 56.3 Å². The van der Waals surface area contributed by atoms with E-state index in [4.69, 9.17) is 4.74 Å². The van der Waals surface area contributed by atoms with Crippen LogP contribution in [0.25, 0.3) is 5.69 Å². The Morgan fingerprint density at radius 3 is 2.65 bits per heavy atom. The fourth-order valence-electron chi connectivity index (χ4n) is 2.79. The van der Waals surface area contributed by atoms with Crippen molar-refractivity contribution in [2.45, 2.75) is 26.3 Å². The predicted molar refractivity (Wildman–Crippen MR) is 99.4 cm³/mol. The normalized spacial score (nSPS) is 11.8. The van der Waals surface area contributed by atoms with E-state index in [9.17, 15) is 4.79 Å². The van der Waals surface area contributed by atoms with Crippen LogP contribution in [0, 0.1) is 6.92 Å². The molecule has 0 radical (unpaired) electrons. The Bertz CT molecular complexity index is 873. The monoisotopic (exact) mass is 350 g/mol. The van der Waals surface area contributed by atoms with Crippen molar-refractivity contribution in [1.82, 2.24) is 20.1 Å². The second-order valence-corrected chi connectivity index (χ2v) is 6.20. The number of aryl methyl sites for hydroxylation is 1. The van der Waals surface area contributed by atoms with Gasteiger partial charge in [0.2, 0.25) is 5.91 Å². The molecule has 0 spiro atoms. The molecule has 0 aliphatic heterocycles. The van der Waals surface area contributed by atoms with Crippen molar-refractivity contribution < 1.29 is 9.53 Å². The maximum absolute atomic E-state index is 12.4. The van der Waals surface area contributed by atoms with Crippen LogP contribution >= 0.6 is 0 Å². The van der Waals surface area contributed by atoms with Gasteiger partial charge >= 0.3 is 0 Å². The Balaban J connectivity index is 1.62. The second kappa shape index (κ2) is 7.82. The van der Waals surface area contributed by atoms with Gasteiger partial charge in [-0.1, -0.05) is 24.3 Å². The van der Waals surface area contributed by atoms with Crippen molar-refractivity contribution in [2.24, 2.45) is 0 Å². The zero-order valence-electron chi connectivity index (χ0n) is 15.1. The molecule has 26 heavy (non-hydrogen) atoms. The molecule has 3 aromatic rings. The van der Waals surface area contributed by atoms with Crippen molar-refractivity contribution in [2.75, 3.05) is 7.11 Å². The Morgan fingerprint density at radius 1 is 1.23 bits per heavy atom. The first-order valence-corrected chi connectivity index (χ1v) is 8.44. The molecule has 0 fully saturated rings. The van der Waals surface area contributed by atoms with Gasteiger partial charge in [-0.3, -0.25) is 4.79 Å². The predicted octanol–water partition coefficient (Wildman–Crippen LogP) is 3.00. The first-order valence-electron chi connectivity index (χ1n) is 8.44. The van der Waals surface area contributed by atoms with Crippen LogP contribution in [-0.2, 0) is 11.2 Å². The molecule has 1 amide bonds. The highest BCUT2D eigenvalue weighted by Crippen LogP contribution is 2.20. The summed E-state index contributed by atoms with van der Waals surface area (Å²) in [5, 5.41) is 7.14. The van der Waals surface area contributed by atoms with Crippen LogP contribution in [0.3, 0.4) is 0 Å². The third kappa shape index (κ3) is 4.08. The van der Waals surface area contributed by atoms with Gasteiger partial charge in [-0.2, -0.15) is 5.10 Å². The van der Waals surface area contributed by atoms with Gasteiger partial charge < -0.3 is 10.1 Å². The molecule has 0 saturated heterocycles. The summed E-state index contributed by atoms with van der Waals surface area (Å²) in [6, 6.07) is 13.6. The number of carbonyl (C=O) groups is 1. The number of aromatic nitrogens is 3. The summed E-state index contributed by atoms with van der Waals surface area (Å²) < 4.78 is 7.01. The molecule has 6 nitrogen and oxygen atoms in total. The molecule has 134 valence electrons. The second-order valence-electron chi connectivity index (χ2n) is 6.20. The summed E-state index contributed by atoms with van der Waals surface area (Å²) >= 11 is 0. The lowest BCUT2D eigenvalue weighted by molar-refractivity contribution is -0.121. The number of nitrogens with one attached hydrogen (secondary N) is 1. The molecular weight excluding hydrogens is 328 g/mol. The van der Waals surface area contributed by atoms with Crippen molar-refractivity contribution in [1.29, 1.82) is 0 Å². The van der Waals surface area contributed by atoms with Crippen molar-refractivity contribution in [3.8, 4) is 11.4 Å². The lowest BCUT2D eigenvalue weighted by Gasteiger charge is -2.15. The van der Waals surface area contributed by atoms with Crippen LogP contribution < -0.4 is 10.1 Å². The summed E-state index contributed by atoms with van der Waals surface area (Å²) in [5.41, 5.74) is 3.94. The molecule has 0 aliphatic rings. The van der Waals surface area contributed by atoms with E-state index in [0.717, 1.165) is 28.1 Å². The Morgan fingerprint density at radius 2 is 2.00 bits per heavy atom. The van der Waals surface area contributed by atoms with Crippen molar-refractivity contribution in [3.63, 3.8) is 0 Å². The maximum atomic E-state index is 12.4. The minimum atomic E-state index is -0.0837. The molecule has 1 N–H and O–H groups in total. The summed E-state index contributed by atoms with van der Waals surface area (Å²) in [4.78, 5) is 16.3. The van der Waals surface area contributed by atoms with Gasteiger partial charge in [0.25, 0.3) is 0 Å². The van der Waals surface area contributed by atoms with Crippen LogP contribution in [-0.4, -0.2) is 27.8 Å². The van der Waals surface area contributed by atoms with E-state index in [2.05, 4.69) is 15.4 Å². The number of benzene rings is 2. The fraction of sp³-hybridized carbons (Fsp3) is 0.250. The summed E-state index contributed by atoms with van der Waals surface area (Å²) in [7, 11) is 1.64. The summed E-state index contributed by atoms with van der Waals surface area (Å²) in [5.74, 6) is 0.774. The summed E-state index contributed by atoms with van der Waals surface area (Å²) in [6.07, 6.45) is 3.46. The smallest absolute Gasteiger partial charge is 0.224 e. The first-order chi connectivity index (χ1) is 12.6. The van der Waals surface area contributed by atoms with Gasteiger partial charge in [-0.05, 0) is 48.7 Å². The Labute approximate surface area is 152 Å². The number of hydrogen-bond acceptors (Lipinski definition) is 4. The topological polar surface area (TPSA) is 69.0 Å². The molecule has 3 rings (SSSR count). The first kappa shape index (κ1) is 17.7. The van der Waals surface area contributed by atoms with Gasteiger partial charge in [-0.25, -0.2) is 9.67 Å². The molecule has 1 aromatic heterocycles. The van der Waals surface area contributed by atoms with E-state index in [1.54, 1.807) is 18.1 Å². The largest absolute Gasteiger partial charge is 0.496 e. The summed E-state index contributed by atoms with van der Waals surface area (Å²) in [6.45, 7) is 3.95.